The Morgan fingerprint density at radius 1 is 0.386 bits per heavy atom. The van der Waals surface area contributed by atoms with Crippen LogP contribution in [0.15, 0.2) is 158 Å². The highest BCUT2D eigenvalue weighted by Gasteiger charge is 2.58. The van der Waals surface area contributed by atoms with E-state index in [2.05, 4.69) is 24.5 Å². The van der Waals surface area contributed by atoms with Crippen LogP contribution in [-0.4, -0.2) is 37.0 Å². The molecule has 0 heterocycles. The fraction of sp³-hybridized carbons (Fsp3) is 0.333. The summed E-state index contributed by atoms with van der Waals surface area (Å²) in [6, 6.07) is 46.4. The number of ether oxygens (including phenoxy) is 4. The van der Waals surface area contributed by atoms with Gasteiger partial charge in [0.2, 0.25) is 11.8 Å². The molecule has 0 saturated heterocycles. The molecule has 6 aromatic rings. The maximum atomic E-state index is 14.8. The van der Waals surface area contributed by atoms with E-state index in [4.69, 9.17) is 18.9 Å². The Labute approximate surface area is 413 Å². The van der Waals surface area contributed by atoms with E-state index in [1.54, 1.807) is 97.1 Å². The van der Waals surface area contributed by atoms with Gasteiger partial charge in [-0.05, 0) is 121 Å². The topological polar surface area (TPSA) is 129 Å². The number of esters is 2. The normalized spacial score (nSPS) is 16.0. The minimum Gasteiger partial charge on any atom is -0.494 e. The van der Waals surface area contributed by atoms with E-state index in [-0.39, 0.29) is 11.8 Å². The number of amides is 2. The van der Waals surface area contributed by atoms with Crippen LogP contribution in [0, 0.1) is 11.8 Å². The second-order valence-electron chi connectivity index (χ2n) is 18.0. The van der Waals surface area contributed by atoms with Crippen molar-refractivity contribution in [3.63, 3.8) is 0 Å². The maximum Gasteiger partial charge on any atom is 0.343 e. The zero-order valence-corrected chi connectivity index (χ0v) is 40.5. The van der Waals surface area contributed by atoms with Gasteiger partial charge in [-0.15, -0.1) is 0 Å². The maximum absolute atomic E-state index is 14.8. The van der Waals surface area contributed by atoms with E-state index in [0.717, 1.165) is 48.3 Å². The van der Waals surface area contributed by atoms with Gasteiger partial charge >= 0.3 is 11.9 Å². The molecule has 2 amide bonds. The van der Waals surface area contributed by atoms with Gasteiger partial charge in [0.05, 0.1) is 36.2 Å². The molecule has 0 radical (unpaired) electrons. The van der Waals surface area contributed by atoms with Crippen LogP contribution in [0.4, 0.5) is 11.4 Å². The Hall–Kier alpha value is -7.20. The first-order valence-electron chi connectivity index (χ1n) is 25.1. The van der Waals surface area contributed by atoms with Crippen LogP contribution < -0.4 is 29.6 Å². The van der Waals surface area contributed by atoms with Gasteiger partial charge in [-0.25, -0.2) is 9.59 Å². The molecule has 0 aliphatic heterocycles. The average molecular weight is 943 g/mol. The van der Waals surface area contributed by atoms with Gasteiger partial charge in [-0.2, -0.15) is 0 Å². The van der Waals surface area contributed by atoms with Gasteiger partial charge in [0, 0.05) is 23.2 Å². The van der Waals surface area contributed by atoms with Gasteiger partial charge in [0.25, 0.3) is 0 Å². The Morgan fingerprint density at radius 2 is 0.714 bits per heavy atom. The van der Waals surface area contributed by atoms with Gasteiger partial charge in [0.15, 0.2) is 0 Å². The third-order valence-electron chi connectivity index (χ3n) is 12.9. The Morgan fingerprint density at radius 3 is 1.07 bits per heavy atom. The average Bonchev–Trinajstić information content (AvgIpc) is 3.38. The summed E-state index contributed by atoms with van der Waals surface area (Å²) in [5, 5.41) is 6.25. The first-order valence-corrected chi connectivity index (χ1v) is 25.1. The SMILES string of the molecule is CCCCCCCCOc1ccc(C2C(C(=O)Nc3ccc(OC(=O)c4ccccc4)cc3)C(c3ccc(OCCCCCCCC)cc3)C2C(=O)Nc2ccc(OC(=O)c3ccccc3)cc2)cc1. The van der Waals surface area contributed by atoms with Gasteiger partial charge in [-0.3, -0.25) is 9.59 Å². The van der Waals surface area contributed by atoms with E-state index in [1.165, 1.54) is 51.4 Å². The van der Waals surface area contributed by atoms with Crippen molar-refractivity contribution in [1.29, 1.82) is 0 Å². The number of nitrogens with one attached hydrogen (secondary N) is 2. The zero-order chi connectivity index (χ0) is 48.9. The monoisotopic (exact) mass is 942 g/mol. The molecule has 2 N–H and O–H groups in total. The molecule has 364 valence electrons. The first-order chi connectivity index (χ1) is 34.3. The molecule has 70 heavy (non-hydrogen) atoms. The summed E-state index contributed by atoms with van der Waals surface area (Å²) < 4.78 is 23.5. The van der Waals surface area contributed by atoms with Crippen LogP contribution in [0.5, 0.6) is 23.0 Å². The molecule has 6 aromatic carbocycles. The van der Waals surface area contributed by atoms with Crippen LogP contribution in [0.25, 0.3) is 0 Å². The fourth-order valence-electron chi connectivity index (χ4n) is 9.09. The van der Waals surface area contributed by atoms with Crippen LogP contribution in [0.3, 0.4) is 0 Å². The summed E-state index contributed by atoms with van der Waals surface area (Å²) in [5.41, 5.74) is 3.54. The number of rotatable bonds is 26. The summed E-state index contributed by atoms with van der Waals surface area (Å²) in [6.45, 7) is 5.65. The van der Waals surface area contributed by atoms with Gasteiger partial charge in [0.1, 0.15) is 23.0 Å². The number of carbonyl (C=O) groups excluding carboxylic acids is 4. The van der Waals surface area contributed by atoms with E-state index in [1.807, 2.05) is 60.7 Å². The second kappa shape index (κ2) is 26.5. The molecule has 1 aliphatic carbocycles. The molecule has 7 rings (SSSR count). The third-order valence-corrected chi connectivity index (χ3v) is 12.9. The molecule has 1 fully saturated rings. The van der Waals surface area contributed by atoms with Crippen molar-refractivity contribution in [1.82, 2.24) is 0 Å². The fourth-order valence-corrected chi connectivity index (χ4v) is 9.09. The predicted molar refractivity (Wildman–Crippen MR) is 276 cm³/mol. The molecule has 0 spiro atoms. The summed E-state index contributed by atoms with van der Waals surface area (Å²) in [7, 11) is 0. The Bertz CT molecular complexity index is 2360. The number of carbonyl (C=O) groups is 4. The second-order valence-corrected chi connectivity index (χ2v) is 18.0. The standard InChI is InChI=1S/C60H66N2O8/c1-3-5-7-9-11-19-41-67-49-33-25-43(26-34-49)53-55(57(63)61-47-29-37-51(38-30-47)69-59(65)45-21-15-13-16-22-45)54(44-27-35-50(36-28-44)68-42-20-12-10-8-6-4-2)56(53)58(64)62-48-31-39-52(40-32-48)70-60(66)46-23-17-14-18-24-46/h13-18,21-40,53-56H,3-12,19-20,41-42H2,1-2H3,(H,61,63)(H,62,64). The van der Waals surface area contributed by atoms with Crippen molar-refractivity contribution in [2.45, 2.75) is 103 Å². The molecule has 10 heteroatoms. The largest absolute Gasteiger partial charge is 0.494 e. The molecule has 0 bridgehead atoms. The quantitative estimate of drug-likeness (QED) is 0.0312. The number of unbranched alkanes of at least 4 members (excludes halogenated alkanes) is 10. The molecule has 1 saturated carbocycles. The van der Waals surface area contributed by atoms with Crippen LogP contribution in [0.1, 0.15) is 135 Å². The molecule has 0 atom stereocenters. The highest BCUT2D eigenvalue weighted by molar-refractivity contribution is 6.01. The van der Waals surface area contributed by atoms with Gasteiger partial charge in [-0.1, -0.05) is 139 Å². The number of anilines is 2. The van der Waals surface area contributed by atoms with Crippen molar-refractivity contribution >= 4 is 35.1 Å². The molecular formula is C60H66N2O8. The van der Waals surface area contributed by atoms with E-state index in [9.17, 15) is 19.2 Å². The van der Waals surface area contributed by atoms with E-state index >= 15 is 0 Å². The highest BCUT2D eigenvalue weighted by Crippen LogP contribution is 2.58. The summed E-state index contributed by atoms with van der Waals surface area (Å²) in [6.07, 6.45) is 13.9. The summed E-state index contributed by atoms with van der Waals surface area (Å²) >= 11 is 0. The summed E-state index contributed by atoms with van der Waals surface area (Å²) in [5.74, 6) is -1.76. The van der Waals surface area contributed by atoms with Crippen molar-refractivity contribution in [3.8, 4) is 23.0 Å². The first kappa shape index (κ1) is 50.7. The molecule has 1 aliphatic rings. The van der Waals surface area contributed by atoms with Crippen LogP contribution in [0.2, 0.25) is 0 Å². The lowest BCUT2D eigenvalue weighted by Gasteiger charge is -2.50. The van der Waals surface area contributed by atoms with E-state index in [0.29, 0.717) is 47.2 Å². The van der Waals surface area contributed by atoms with Crippen LogP contribution in [-0.2, 0) is 9.59 Å². The van der Waals surface area contributed by atoms with Crippen molar-refractivity contribution < 1.29 is 38.1 Å². The number of hydrogen-bond acceptors (Lipinski definition) is 8. The minimum absolute atomic E-state index is 0.260. The molecular weight excluding hydrogens is 877 g/mol. The van der Waals surface area contributed by atoms with E-state index < -0.39 is 35.6 Å². The smallest absolute Gasteiger partial charge is 0.343 e. The Kier molecular flexibility index (Phi) is 19.2. The van der Waals surface area contributed by atoms with Crippen molar-refractivity contribution in [3.05, 3.63) is 180 Å². The molecule has 0 unspecified atom stereocenters. The lowest BCUT2D eigenvalue weighted by Crippen LogP contribution is -2.53. The van der Waals surface area contributed by atoms with Crippen molar-refractivity contribution in [2.24, 2.45) is 11.8 Å². The minimum atomic E-state index is -0.670. The number of hydrogen-bond donors (Lipinski definition) is 2. The number of benzene rings is 6. The highest BCUT2D eigenvalue weighted by atomic mass is 16.5. The third kappa shape index (κ3) is 14.4. The zero-order valence-electron chi connectivity index (χ0n) is 40.5. The van der Waals surface area contributed by atoms with Gasteiger partial charge < -0.3 is 29.6 Å². The van der Waals surface area contributed by atoms with Crippen LogP contribution >= 0.6 is 0 Å². The lowest BCUT2D eigenvalue weighted by molar-refractivity contribution is -0.134. The van der Waals surface area contributed by atoms with Crippen molar-refractivity contribution in [2.75, 3.05) is 23.8 Å². The summed E-state index contributed by atoms with van der Waals surface area (Å²) in [4.78, 5) is 55.2. The predicted octanol–water partition coefficient (Wildman–Crippen LogP) is 14.0. The Balaban J connectivity index is 1.13. The molecule has 0 aromatic heterocycles. The molecule has 10 nitrogen and oxygen atoms in total. The lowest BCUT2D eigenvalue weighted by atomic mass is 9.52.